The van der Waals surface area contributed by atoms with E-state index in [-0.39, 0.29) is 12.5 Å². The Morgan fingerprint density at radius 3 is 2.62 bits per heavy atom. The predicted molar refractivity (Wildman–Crippen MR) is 108 cm³/mol. The van der Waals surface area contributed by atoms with Crippen LogP contribution in [0.3, 0.4) is 0 Å². The van der Waals surface area contributed by atoms with Gasteiger partial charge in [0, 0.05) is 23.8 Å². The van der Waals surface area contributed by atoms with Crippen molar-refractivity contribution in [3.05, 3.63) is 52.5 Å². The van der Waals surface area contributed by atoms with E-state index in [2.05, 4.69) is 21.6 Å². The number of aryl methyl sites for hydroxylation is 2. The van der Waals surface area contributed by atoms with Gasteiger partial charge in [0.05, 0.1) is 31.1 Å². The van der Waals surface area contributed by atoms with Crippen LogP contribution in [0.5, 0.6) is 0 Å². The highest BCUT2D eigenvalue weighted by Crippen LogP contribution is 2.29. The van der Waals surface area contributed by atoms with Crippen LogP contribution in [0.25, 0.3) is 0 Å². The first-order chi connectivity index (χ1) is 12.5. The summed E-state index contributed by atoms with van der Waals surface area (Å²) < 4.78 is 5.42. The van der Waals surface area contributed by atoms with Gasteiger partial charge >= 0.3 is 0 Å². The number of nitrogens with zero attached hydrogens (tertiary/aromatic N) is 1. The molecule has 1 amide bonds. The van der Waals surface area contributed by atoms with Crippen molar-refractivity contribution in [2.75, 3.05) is 48.4 Å². The Hall–Kier alpha value is -2.24. The van der Waals surface area contributed by atoms with Crippen molar-refractivity contribution < 1.29 is 9.53 Å². The number of anilines is 3. The number of morpholine rings is 1. The topological polar surface area (TPSA) is 53.6 Å². The molecule has 6 heteroatoms. The van der Waals surface area contributed by atoms with Crippen LogP contribution in [0, 0.1) is 13.8 Å². The Balaban J connectivity index is 1.66. The Kier molecular flexibility index (Phi) is 6.01. The zero-order chi connectivity index (χ0) is 18.5. The molecule has 1 heterocycles. The second kappa shape index (κ2) is 8.43. The molecule has 0 aromatic heterocycles. The summed E-state index contributed by atoms with van der Waals surface area (Å²) in [6, 6.07) is 11.7. The minimum absolute atomic E-state index is 0.0927. The van der Waals surface area contributed by atoms with E-state index in [1.165, 1.54) is 5.56 Å². The third kappa shape index (κ3) is 4.68. The molecule has 1 fully saturated rings. The molecule has 0 aliphatic carbocycles. The fourth-order valence-corrected chi connectivity index (χ4v) is 3.23. The van der Waals surface area contributed by atoms with E-state index in [4.69, 9.17) is 16.3 Å². The van der Waals surface area contributed by atoms with Crippen molar-refractivity contribution in [1.82, 2.24) is 0 Å². The maximum Gasteiger partial charge on any atom is 0.243 e. The number of hydrogen-bond donors (Lipinski definition) is 2. The molecule has 5 nitrogen and oxygen atoms in total. The first-order valence-corrected chi connectivity index (χ1v) is 9.14. The van der Waals surface area contributed by atoms with Gasteiger partial charge in [0.2, 0.25) is 5.91 Å². The van der Waals surface area contributed by atoms with E-state index in [1.54, 1.807) is 0 Å². The van der Waals surface area contributed by atoms with E-state index in [0.29, 0.717) is 18.2 Å². The number of halogens is 1. The van der Waals surface area contributed by atoms with Crippen molar-refractivity contribution in [2.45, 2.75) is 13.8 Å². The van der Waals surface area contributed by atoms with Crippen LogP contribution in [0.2, 0.25) is 5.02 Å². The maximum atomic E-state index is 12.4. The summed E-state index contributed by atoms with van der Waals surface area (Å²) in [5.74, 6) is -0.0927. The molecule has 0 bridgehead atoms. The van der Waals surface area contributed by atoms with Gasteiger partial charge in [-0.3, -0.25) is 4.79 Å². The van der Waals surface area contributed by atoms with Gasteiger partial charge in [0.15, 0.2) is 0 Å². The van der Waals surface area contributed by atoms with Gasteiger partial charge in [0.1, 0.15) is 0 Å². The largest absolute Gasteiger partial charge is 0.378 e. The van der Waals surface area contributed by atoms with Crippen molar-refractivity contribution in [2.24, 2.45) is 0 Å². The second-order valence-electron chi connectivity index (χ2n) is 6.48. The Morgan fingerprint density at radius 1 is 1.12 bits per heavy atom. The summed E-state index contributed by atoms with van der Waals surface area (Å²) in [4.78, 5) is 14.6. The highest BCUT2D eigenvalue weighted by Gasteiger charge is 2.16. The summed E-state index contributed by atoms with van der Waals surface area (Å²) in [7, 11) is 0. The Bertz CT molecular complexity index is 789. The molecule has 138 valence electrons. The average molecular weight is 374 g/mol. The van der Waals surface area contributed by atoms with Gasteiger partial charge < -0.3 is 20.3 Å². The van der Waals surface area contributed by atoms with Crippen LogP contribution < -0.4 is 15.5 Å². The first kappa shape index (κ1) is 18.5. The number of benzene rings is 2. The summed E-state index contributed by atoms with van der Waals surface area (Å²) >= 11 is 6.15. The van der Waals surface area contributed by atoms with Gasteiger partial charge in [-0.15, -0.1) is 0 Å². The Labute approximate surface area is 159 Å². The number of carbonyl (C=O) groups excluding carboxylic acids is 1. The zero-order valence-corrected chi connectivity index (χ0v) is 15.9. The molecule has 0 saturated carbocycles. The van der Waals surface area contributed by atoms with Gasteiger partial charge in [-0.1, -0.05) is 29.3 Å². The lowest BCUT2D eigenvalue weighted by Crippen LogP contribution is -2.36. The first-order valence-electron chi connectivity index (χ1n) is 8.76. The van der Waals surface area contributed by atoms with Crippen molar-refractivity contribution in [3.63, 3.8) is 0 Å². The molecule has 0 unspecified atom stereocenters. The molecule has 0 atom stereocenters. The molecule has 1 saturated heterocycles. The van der Waals surface area contributed by atoms with E-state index < -0.39 is 0 Å². The van der Waals surface area contributed by atoms with Gasteiger partial charge in [-0.05, 0) is 43.7 Å². The molecule has 0 spiro atoms. The SMILES string of the molecule is Cc1ccc(NC(=O)CNc2cc(Cl)ccc2N2CCOCC2)c(C)c1. The second-order valence-corrected chi connectivity index (χ2v) is 6.92. The highest BCUT2D eigenvalue weighted by atomic mass is 35.5. The quantitative estimate of drug-likeness (QED) is 0.836. The van der Waals surface area contributed by atoms with Crippen LogP contribution in [-0.4, -0.2) is 38.8 Å². The van der Waals surface area contributed by atoms with Crippen LogP contribution in [0.4, 0.5) is 17.1 Å². The summed E-state index contributed by atoms with van der Waals surface area (Å²) in [5, 5.41) is 6.81. The van der Waals surface area contributed by atoms with E-state index >= 15 is 0 Å². The van der Waals surface area contributed by atoms with Crippen LogP contribution >= 0.6 is 11.6 Å². The lowest BCUT2D eigenvalue weighted by molar-refractivity contribution is -0.114. The number of ether oxygens (including phenoxy) is 1. The van der Waals surface area contributed by atoms with Gasteiger partial charge in [-0.2, -0.15) is 0 Å². The summed E-state index contributed by atoms with van der Waals surface area (Å²) in [5.41, 5.74) is 4.96. The average Bonchev–Trinajstić information content (AvgIpc) is 2.63. The van der Waals surface area contributed by atoms with E-state index in [9.17, 15) is 4.79 Å². The number of nitrogens with one attached hydrogen (secondary N) is 2. The van der Waals surface area contributed by atoms with Gasteiger partial charge in [0.25, 0.3) is 0 Å². The molecule has 2 N–H and O–H groups in total. The standard InChI is InChI=1S/C20H24ClN3O2/c1-14-3-5-17(15(2)11-14)23-20(25)13-22-18-12-16(21)4-6-19(18)24-7-9-26-10-8-24/h3-6,11-12,22H,7-10,13H2,1-2H3,(H,23,25). The highest BCUT2D eigenvalue weighted by molar-refractivity contribution is 6.31. The third-order valence-corrected chi connectivity index (χ3v) is 4.64. The number of amides is 1. The summed E-state index contributed by atoms with van der Waals surface area (Å²) in [6.07, 6.45) is 0. The maximum absolute atomic E-state index is 12.4. The molecule has 1 aliphatic heterocycles. The van der Waals surface area contributed by atoms with Crippen LogP contribution in [-0.2, 0) is 9.53 Å². The number of carbonyl (C=O) groups is 1. The van der Waals surface area contributed by atoms with Gasteiger partial charge in [-0.25, -0.2) is 0 Å². The van der Waals surface area contributed by atoms with Crippen molar-refractivity contribution >= 4 is 34.6 Å². The molecule has 2 aromatic carbocycles. The normalized spacial score (nSPS) is 14.2. The lowest BCUT2D eigenvalue weighted by Gasteiger charge is -2.30. The molecular formula is C20H24ClN3O2. The summed E-state index contributed by atoms with van der Waals surface area (Å²) in [6.45, 7) is 7.25. The monoisotopic (exact) mass is 373 g/mol. The molecule has 3 rings (SSSR count). The minimum atomic E-state index is -0.0927. The number of hydrogen-bond acceptors (Lipinski definition) is 4. The lowest BCUT2D eigenvalue weighted by atomic mass is 10.1. The molecule has 2 aromatic rings. The molecule has 0 radical (unpaired) electrons. The fraction of sp³-hybridized carbons (Fsp3) is 0.350. The van der Waals surface area contributed by atoms with Crippen molar-refractivity contribution in [1.29, 1.82) is 0 Å². The predicted octanol–water partition coefficient (Wildman–Crippen LogP) is 3.84. The van der Waals surface area contributed by atoms with Crippen LogP contribution in [0.1, 0.15) is 11.1 Å². The fourth-order valence-electron chi connectivity index (χ4n) is 3.05. The van der Waals surface area contributed by atoms with Crippen LogP contribution in [0.15, 0.2) is 36.4 Å². The zero-order valence-electron chi connectivity index (χ0n) is 15.1. The van der Waals surface area contributed by atoms with E-state index in [0.717, 1.165) is 35.7 Å². The molecular weight excluding hydrogens is 350 g/mol. The smallest absolute Gasteiger partial charge is 0.243 e. The minimum Gasteiger partial charge on any atom is -0.378 e. The molecule has 1 aliphatic rings. The molecule has 26 heavy (non-hydrogen) atoms. The van der Waals surface area contributed by atoms with E-state index in [1.807, 2.05) is 44.2 Å². The number of rotatable bonds is 5. The third-order valence-electron chi connectivity index (χ3n) is 4.41. The van der Waals surface area contributed by atoms with Crippen molar-refractivity contribution in [3.8, 4) is 0 Å². The Morgan fingerprint density at radius 2 is 1.88 bits per heavy atom.